The van der Waals surface area contributed by atoms with Crippen LogP contribution in [0.1, 0.15) is 46.1 Å². The van der Waals surface area contributed by atoms with Crippen LogP contribution in [0.2, 0.25) is 0 Å². The molecule has 0 N–H and O–H groups in total. The number of thiophene rings is 1. The molecule has 0 spiro atoms. The summed E-state index contributed by atoms with van der Waals surface area (Å²) in [6, 6.07) is 24.0. The summed E-state index contributed by atoms with van der Waals surface area (Å²) < 4.78 is 8.22. The zero-order chi connectivity index (χ0) is 22.2. The third-order valence-corrected chi connectivity index (χ3v) is 8.05. The topological polar surface area (TPSA) is 34.5 Å². The number of benzene rings is 2. The van der Waals surface area contributed by atoms with Crippen LogP contribution in [-0.4, -0.2) is 22.0 Å². The fourth-order valence-electron chi connectivity index (χ4n) is 5.16. The van der Waals surface area contributed by atoms with E-state index in [4.69, 9.17) is 4.74 Å². The van der Waals surface area contributed by atoms with E-state index in [1.165, 1.54) is 33.8 Å². The van der Waals surface area contributed by atoms with Gasteiger partial charge < -0.3 is 14.2 Å². The van der Waals surface area contributed by atoms with Crippen LogP contribution in [0.3, 0.4) is 0 Å². The van der Waals surface area contributed by atoms with E-state index in [0.717, 1.165) is 24.1 Å². The maximum Gasteiger partial charge on any atom is 0.261 e. The van der Waals surface area contributed by atoms with Crippen molar-refractivity contribution in [3.63, 3.8) is 0 Å². The summed E-state index contributed by atoms with van der Waals surface area (Å²) in [5.41, 5.74) is 5.04. The van der Waals surface area contributed by atoms with Gasteiger partial charge in [0.05, 0.1) is 18.3 Å². The molecule has 4 aromatic rings. The van der Waals surface area contributed by atoms with Gasteiger partial charge in [-0.2, -0.15) is 0 Å². The SMILES string of the molecule is O=C(COc1ccccc1)N1Cc2c(sc3c2CCCC3)-n2cccc2C1c1ccccc1. The number of carbonyl (C=O) groups excluding carboxylic acids is 1. The van der Waals surface area contributed by atoms with E-state index in [-0.39, 0.29) is 18.6 Å². The van der Waals surface area contributed by atoms with Gasteiger partial charge in [0, 0.05) is 16.6 Å². The van der Waals surface area contributed by atoms with E-state index >= 15 is 0 Å². The second-order valence-electron chi connectivity index (χ2n) is 8.73. The average molecular weight is 455 g/mol. The molecule has 3 heterocycles. The first-order valence-corrected chi connectivity index (χ1v) is 12.4. The van der Waals surface area contributed by atoms with E-state index in [1.54, 1.807) is 0 Å². The van der Waals surface area contributed by atoms with Gasteiger partial charge in [0.2, 0.25) is 0 Å². The van der Waals surface area contributed by atoms with Gasteiger partial charge in [-0.1, -0.05) is 48.5 Å². The minimum atomic E-state index is -0.160. The van der Waals surface area contributed by atoms with E-state index in [2.05, 4.69) is 35.0 Å². The van der Waals surface area contributed by atoms with Crippen molar-refractivity contribution >= 4 is 17.2 Å². The van der Waals surface area contributed by atoms with Gasteiger partial charge >= 0.3 is 0 Å². The molecule has 0 saturated heterocycles. The lowest BCUT2D eigenvalue weighted by Crippen LogP contribution is -2.38. The number of amides is 1. The Balaban J connectivity index is 1.44. The van der Waals surface area contributed by atoms with Crippen LogP contribution >= 0.6 is 11.3 Å². The summed E-state index contributed by atoms with van der Waals surface area (Å²) in [7, 11) is 0. The molecule has 0 radical (unpaired) electrons. The van der Waals surface area contributed by atoms with Gasteiger partial charge in [-0.25, -0.2) is 0 Å². The molecule has 4 nitrogen and oxygen atoms in total. The molecule has 0 fully saturated rings. The van der Waals surface area contributed by atoms with Crippen molar-refractivity contribution in [1.82, 2.24) is 9.47 Å². The Morgan fingerprint density at radius 1 is 0.909 bits per heavy atom. The van der Waals surface area contributed by atoms with Crippen LogP contribution in [0, 0.1) is 0 Å². The summed E-state index contributed by atoms with van der Waals surface area (Å²) in [5.74, 6) is 0.720. The first-order chi connectivity index (χ1) is 16.3. The molecule has 6 rings (SSSR count). The molecule has 0 bridgehead atoms. The molecule has 1 amide bonds. The van der Waals surface area contributed by atoms with E-state index < -0.39 is 0 Å². The molecule has 1 aliphatic heterocycles. The highest BCUT2D eigenvalue weighted by Crippen LogP contribution is 2.43. The van der Waals surface area contributed by atoms with Gasteiger partial charge in [0.25, 0.3) is 5.91 Å². The van der Waals surface area contributed by atoms with Crippen LogP contribution in [0.15, 0.2) is 79.0 Å². The Morgan fingerprint density at radius 2 is 1.67 bits per heavy atom. The molecule has 2 aromatic carbocycles. The number of ether oxygens (including phenoxy) is 1. The maximum atomic E-state index is 13.7. The maximum absolute atomic E-state index is 13.7. The monoisotopic (exact) mass is 454 g/mol. The molecular formula is C28H26N2O2S. The van der Waals surface area contributed by atoms with Gasteiger partial charge in [-0.15, -0.1) is 11.3 Å². The van der Waals surface area contributed by atoms with Crippen molar-refractivity contribution in [2.75, 3.05) is 6.61 Å². The number of hydrogen-bond acceptors (Lipinski definition) is 3. The van der Waals surface area contributed by atoms with E-state index in [9.17, 15) is 4.79 Å². The summed E-state index contributed by atoms with van der Waals surface area (Å²) in [6.45, 7) is 0.634. The highest BCUT2D eigenvalue weighted by atomic mass is 32.1. The molecule has 2 aliphatic rings. The number of rotatable bonds is 4. The third-order valence-electron chi connectivity index (χ3n) is 6.72. The Hall–Kier alpha value is -3.31. The van der Waals surface area contributed by atoms with Crippen LogP contribution in [0.4, 0.5) is 0 Å². The van der Waals surface area contributed by atoms with Gasteiger partial charge in [-0.3, -0.25) is 4.79 Å². The highest BCUT2D eigenvalue weighted by Gasteiger charge is 2.35. The minimum Gasteiger partial charge on any atom is -0.484 e. The van der Waals surface area contributed by atoms with Gasteiger partial charge in [0.15, 0.2) is 6.61 Å². The molecule has 2 aromatic heterocycles. The Labute approximate surface area is 198 Å². The molecule has 0 saturated carbocycles. The van der Waals surface area contributed by atoms with Crippen LogP contribution in [0.25, 0.3) is 5.00 Å². The lowest BCUT2D eigenvalue weighted by atomic mass is 9.95. The molecule has 1 unspecified atom stereocenters. The lowest BCUT2D eigenvalue weighted by molar-refractivity contribution is -0.135. The van der Waals surface area contributed by atoms with Crippen molar-refractivity contribution < 1.29 is 9.53 Å². The van der Waals surface area contributed by atoms with E-state index in [0.29, 0.717) is 12.3 Å². The zero-order valence-electron chi connectivity index (χ0n) is 18.4. The standard InChI is InChI=1S/C28H26N2O2S/c31-26(19-32-21-12-5-2-6-13-21)30-18-23-22-14-7-8-16-25(22)33-28(23)29-17-9-15-24(29)27(30)20-10-3-1-4-11-20/h1-6,9-13,15,17,27H,7-8,14,16,18-19H2. The Kier molecular flexibility index (Phi) is 5.27. The van der Waals surface area contributed by atoms with Crippen molar-refractivity contribution in [2.45, 2.75) is 38.3 Å². The quantitative estimate of drug-likeness (QED) is 0.383. The zero-order valence-corrected chi connectivity index (χ0v) is 19.3. The fourth-order valence-corrected chi connectivity index (χ4v) is 6.56. The number of carbonyl (C=O) groups is 1. The first kappa shape index (κ1) is 20.3. The summed E-state index contributed by atoms with van der Waals surface area (Å²) in [6.07, 6.45) is 6.89. The van der Waals surface area contributed by atoms with Gasteiger partial charge in [-0.05, 0) is 61.1 Å². The number of hydrogen-bond donors (Lipinski definition) is 0. The molecular weight excluding hydrogens is 428 g/mol. The molecule has 1 atom stereocenters. The molecule has 166 valence electrons. The van der Waals surface area contributed by atoms with Crippen LogP contribution < -0.4 is 4.74 Å². The summed E-state index contributed by atoms with van der Waals surface area (Å²) >= 11 is 1.91. The average Bonchev–Trinajstić information content (AvgIpc) is 3.45. The number of nitrogens with zero attached hydrogens (tertiary/aromatic N) is 2. The second-order valence-corrected chi connectivity index (χ2v) is 9.82. The largest absolute Gasteiger partial charge is 0.484 e. The Bertz CT molecular complexity index is 1280. The fraction of sp³-hybridized carbons (Fsp3) is 0.250. The number of para-hydroxylation sites is 1. The first-order valence-electron chi connectivity index (χ1n) is 11.6. The van der Waals surface area contributed by atoms with Crippen LogP contribution in [-0.2, 0) is 24.2 Å². The number of aromatic nitrogens is 1. The van der Waals surface area contributed by atoms with E-state index in [1.807, 2.05) is 64.8 Å². The third kappa shape index (κ3) is 3.66. The Morgan fingerprint density at radius 3 is 2.48 bits per heavy atom. The van der Waals surface area contributed by atoms with Crippen LogP contribution in [0.5, 0.6) is 5.75 Å². The second kappa shape index (κ2) is 8.56. The predicted molar refractivity (Wildman–Crippen MR) is 131 cm³/mol. The van der Waals surface area contributed by atoms with Crippen molar-refractivity contribution in [3.05, 3.63) is 106 Å². The van der Waals surface area contributed by atoms with Crippen molar-refractivity contribution in [1.29, 1.82) is 0 Å². The van der Waals surface area contributed by atoms with Crippen molar-refractivity contribution in [2.24, 2.45) is 0 Å². The smallest absolute Gasteiger partial charge is 0.261 e. The molecule has 5 heteroatoms. The summed E-state index contributed by atoms with van der Waals surface area (Å²) in [5, 5.41) is 1.28. The lowest BCUT2D eigenvalue weighted by Gasteiger charge is -2.31. The molecule has 1 aliphatic carbocycles. The van der Waals surface area contributed by atoms with Crippen molar-refractivity contribution in [3.8, 4) is 10.8 Å². The normalized spacial score (nSPS) is 17.0. The van der Waals surface area contributed by atoms with Gasteiger partial charge in [0.1, 0.15) is 10.8 Å². The summed E-state index contributed by atoms with van der Waals surface area (Å²) in [4.78, 5) is 17.3. The minimum absolute atomic E-state index is 0.00376. The highest BCUT2D eigenvalue weighted by molar-refractivity contribution is 7.15. The molecule has 33 heavy (non-hydrogen) atoms. The predicted octanol–water partition coefficient (Wildman–Crippen LogP) is 5.93. The number of aryl methyl sites for hydroxylation is 1. The number of fused-ring (bicyclic) bond motifs is 5.